The van der Waals surface area contributed by atoms with Crippen molar-refractivity contribution in [3.63, 3.8) is 0 Å². The molecule has 4 rings (SSSR count). The molecule has 0 bridgehead atoms. The smallest absolute Gasteiger partial charge is 0.255 e. The van der Waals surface area contributed by atoms with Gasteiger partial charge in [-0.05, 0) is 31.2 Å². The number of hydrogen-bond acceptors (Lipinski definition) is 4. The molecule has 0 aliphatic heterocycles. The zero-order chi connectivity index (χ0) is 18.8. The van der Waals surface area contributed by atoms with Gasteiger partial charge in [-0.15, -0.1) is 0 Å². The largest absolute Gasteiger partial charge is 0.497 e. The second-order valence-corrected chi connectivity index (χ2v) is 6.22. The lowest BCUT2D eigenvalue weighted by Crippen LogP contribution is -2.27. The molecule has 7 nitrogen and oxygen atoms in total. The summed E-state index contributed by atoms with van der Waals surface area (Å²) in [6.45, 7) is 1.89. The summed E-state index contributed by atoms with van der Waals surface area (Å²) in [6, 6.07) is 15.0. The Labute approximate surface area is 155 Å². The first-order chi connectivity index (χ1) is 13.2. The number of imidazole rings is 1. The summed E-state index contributed by atoms with van der Waals surface area (Å²) in [6.07, 6.45) is 1.52. The maximum Gasteiger partial charge on any atom is 0.255 e. The molecule has 0 fully saturated rings. The minimum absolute atomic E-state index is 0.227. The first-order valence-electron chi connectivity index (χ1n) is 8.59. The van der Waals surface area contributed by atoms with E-state index in [1.807, 2.05) is 55.5 Å². The molecule has 4 aromatic rings. The van der Waals surface area contributed by atoms with Crippen LogP contribution in [-0.4, -0.2) is 33.2 Å². The van der Waals surface area contributed by atoms with Crippen LogP contribution in [0.3, 0.4) is 0 Å². The van der Waals surface area contributed by atoms with E-state index < -0.39 is 0 Å². The summed E-state index contributed by atoms with van der Waals surface area (Å²) in [5.41, 5.74) is 3.74. The molecule has 0 unspecified atom stereocenters. The van der Waals surface area contributed by atoms with Crippen LogP contribution in [0.4, 0.5) is 0 Å². The van der Waals surface area contributed by atoms with Crippen LogP contribution in [-0.2, 0) is 0 Å². The second kappa shape index (κ2) is 6.95. The summed E-state index contributed by atoms with van der Waals surface area (Å²) < 4.78 is 5.26. The molecule has 1 amide bonds. The summed E-state index contributed by atoms with van der Waals surface area (Å²) in [4.78, 5) is 20.6. The summed E-state index contributed by atoms with van der Waals surface area (Å²) >= 11 is 0. The summed E-state index contributed by atoms with van der Waals surface area (Å²) in [7, 11) is 1.61. The third-order valence-corrected chi connectivity index (χ3v) is 4.41. The number of aromatic nitrogens is 4. The number of fused-ring (bicyclic) bond motifs is 1. The van der Waals surface area contributed by atoms with Crippen molar-refractivity contribution in [2.45, 2.75) is 13.0 Å². The number of aromatic amines is 2. The maximum atomic E-state index is 12.8. The van der Waals surface area contributed by atoms with Crippen LogP contribution in [0.5, 0.6) is 5.75 Å². The molecule has 2 heterocycles. The van der Waals surface area contributed by atoms with E-state index in [-0.39, 0.29) is 11.9 Å². The number of nitrogens with one attached hydrogen (secondary N) is 3. The first kappa shape index (κ1) is 16.8. The van der Waals surface area contributed by atoms with E-state index in [1.54, 1.807) is 7.11 Å². The fourth-order valence-electron chi connectivity index (χ4n) is 2.98. The van der Waals surface area contributed by atoms with E-state index in [4.69, 9.17) is 4.74 Å². The molecule has 0 radical (unpaired) electrons. The molecular weight excluding hydrogens is 342 g/mol. The number of nitrogens with zero attached hydrogens (tertiary/aromatic N) is 2. The van der Waals surface area contributed by atoms with E-state index in [2.05, 4.69) is 25.5 Å². The van der Waals surface area contributed by atoms with E-state index in [1.165, 1.54) is 6.20 Å². The number of carbonyl (C=O) groups is 1. The number of carbonyl (C=O) groups excluding carboxylic acids is 1. The van der Waals surface area contributed by atoms with Crippen LogP contribution < -0.4 is 10.1 Å². The van der Waals surface area contributed by atoms with Crippen molar-refractivity contribution in [1.29, 1.82) is 0 Å². The molecule has 3 N–H and O–H groups in total. The first-order valence-corrected chi connectivity index (χ1v) is 8.59. The van der Waals surface area contributed by atoms with Gasteiger partial charge in [-0.25, -0.2) is 4.98 Å². The van der Waals surface area contributed by atoms with Gasteiger partial charge in [-0.3, -0.25) is 9.89 Å². The van der Waals surface area contributed by atoms with Crippen molar-refractivity contribution in [2.24, 2.45) is 0 Å². The molecular formula is C20H19N5O2. The van der Waals surface area contributed by atoms with Gasteiger partial charge in [0.05, 0.1) is 41.6 Å². The average Bonchev–Trinajstić information content (AvgIpc) is 3.35. The van der Waals surface area contributed by atoms with E-state index in [9.17, 15) is 4.79 Å². The average molecular weight is 361 g/mol. The summed E-state index contributed by atoms with van der Waals surface area (Å²) in [5.74, 6) is 1.19. The molecule has 2 aromatic heterocycles. The number of methoxy groups -OCH3 is 1. The highest BCUT2D eigenvalue weighted by Gasteiger charge is 2.19. The molecule has 7 heteroatoms. The molecule has 0 spiro atoms. The van der Waals surface area contributed by atoms with Gasteiger partial charge in [0.25, 0.3) is 5.91 Å². The highest BCUT2D eigenvalue weighted by atomic mass is 16.5. The zero-order valence-electron chi connectivity index (χ0n) is 15.0. The Morgan fingerprint density at radius 2 is 2.04 bits per heavy atom. The van der Waals surface area contributed by atoms with Crippen molar-refractivity contribution in [2.75, 3.05) is 7.11 Å². The Morgan fingerprint density at radius 1 is 1.19 bits per heavy atom. The third-order valence-electron chi connectivity index (χ3n) is 4.41. The number of hydrogen-bond donors (Lipinski definition) is 3. The van der Waals surface area contributed by atoms with Crippen LogP contribution >= 0.6 is 0 Å². The molecule has 136 valence electrons. The number of rotatable bonds is 5. The molecule has 2 aromatic carbocycles. The van der Waals surface area contributed by atoms with E-state index >= 15 is 0 Å². The van der Waals surface area contributed by atoms with Gasteiger partial charge >= 0.3 is 0 Å². The lowest BCUT2D eigenvalue weighted by atomic mass is 10.1. The van der Waals surface area contributed by atoms with E-state index in [0.29, 0.717) is 22.8 Å². The zero-order valence-corrected chi connectivity index (χ0v) is 15.0. The van der Waals surface area contributed by atoms with Gasteiger partial charge < -0.3 is 15.0 Å². The number of para-hydroxylation sites is 2. The van der Waals surface area contributed by atoms with Gasteiger partial charge in [-0.1, -0.05) is 24.3 Å². The Morgan fingerprint density at radius 3 is 2.85 bits per heavy atom. The molecule has 0 saturated heterocycles. The minimum atomic E-state index is -0.280. The summed E-state index contributed by atoms with van der Waals surface area (Å²) in [5, 5.41) is 9.91. The lowest BCUT2D eigenvalue weighted by Gasteiger charge is -2.12. The normalized spacial score (nSPS) is 12.1. The second-order valence-electron chi connectivity index (χ2n) is 6.22. The van der Waals surface area contributed by atoms with Crippen LogP contribution in [0.15, 0.2) is 54.7 Å². The number of H-pyrrole nitrogens is 2. The van der Waals surface area contributed by atoms with Gasteiger partial charge in [0, 0.05) is 5.56 Å². The third kappa shape index (κ3) is 3.27. The fourth-order valence-corrected chi connectivity index (χ4v) is 2.98. The Kier molecular flexibility index (Phi) is 4.33. The standard InChI is InChI=1S/C20H19N5O2/c1-12(19-23-16-8-3-4-9-17(16)24-19)22-20(26)15-11-21-25-18(15)13-6-5-7-14(10-13)27-2/h3-12H,1-2H3,(H,21,25)(H,22,26)(H,23,24)/t12-/m1/s1. The van der Waals surface area contributed by atoms with Gasteiger partial charge in [0.1, 0.15) is 11.6 Å². The molecule has 27 heavy (non-hydrogen) atoms. The highest BCUT2D eigenvalue weighted by Crippen LogP contribution is 2.25. The Balaban J connectivity index is 1.57. The maximum absolute atomic E-state index is 12.8. The van der Waals surface area contributed by atoms with Gasteiger partial charge in [0.2, 0.25) is 0 Å². The molecule has 1 atom stereocenters. The van der Waals surface area contributed by atoms with Crippen molar-refractivity contribution in [1.82, 2.24) is 25.5 Å². The Hall–Kier alpha value is -3.61. The molecule has 0 aliphatic rings. The van der Waals surface area contributed by atoms with Crippen LogP contribution in [0.25, 0.3) is 22.3 Å². The monoisotopic (exact) mass is 361 g/mol. The van der Waals surface area contributed by atoms with Crippen LogP contribution in [0.2, 0.25) is 0 Å². The number of amides is 1. The number of ether oxygens (including phenoxy) is 1. The van der Waals surface area contributed by atoms with Gasteiger partial charge in [0.15, 0.2) is 0 Å². The van der Waals surface area contributed by atoms with Crippen molar-refractivity contribution in [3.05, 3.63) is 66.1 Å². The number of benzene rings is 2. The fraction of sp³-hybridized carbons (Fsp3) is 0.150. The highest BCUT2D eigenvalue weighted by molar-refractivity contribution is 6.00. The molecule has 0 saturated carbocycles. The molecule has 0 aliphatic carbocycles. The lowest BCUT2D eigenvalue weighted by molar-refractivity contribution is 0.0939. The van der Waals surface area contributed by atoms with Crippen molar-refractivity contribution >= 4 is 16.9 Å². The van der Waals surface area contributed by atoms with Crippen molar-refractivity contribution < 1.29 is 9.53 Å². The quantitative estimate of drug-likeness (QED) is 0.507. The van der Waals surface area contributed by atoms with E-state index in [0.717, 1.165) is 16.6 Å². The van der Waals surface area contributed by atoms with Crippen molar-refractivity contribution in [3.8, 4) is 17.0 Å². The predicted octanol–water partition coefficient (Wildman–Crippen LogP) is 3.45. The SMILES string of the molecule is COc1cccc(-c2[nH]ncc2C(=O)N[C@H](C)c2nc3ccccc3[nH]2)c1. The topological polar surface area (TPSA) is 95.7 Å². The van der Waals surface area contributed by atoms with Gasteiger partial charge in [-0.2, -0.15) is 5.10 Å². The van der Waals surface area contributed by atoms with Crippen LogP contribution in [0, 0.1) is 0 Å². The predicted molar refractivity (Wildman–Crippen MR) is 103 cm³/mol. The van der Waals surface area contributed by atoms with Crippen LogP contribution in [0.1, 0.15) is 29.1 Å². The minimum Gasteiger partial charge on any atom is -0.497 e. The Bertz CT molecular complexity index is 1070.